The Bertz CT molecular complexity index is 6600. The van der Waals surface area contributed by atoms with Crippen LogP contribution in [-0.4, -0.2) is 185 Å². The average Bonchev–Trinajstić information content (AvgIpc) is 1.40. The van der Waals surface area contributed by atoms with Gasteiger partial charge in [-0.25, -0.2) is 38.9 Å². The second kappa shape index (κ2) is 31.3. The molecule has 14 aromatic heterocycles. The quantitative estimate of drug-likeness (QED) is 0.140. The highest BCUT2D eigenvalue weighted by Crippen LogP contribution is 2.32. The van der Waals surface area contributed by atoms with Gasteiger partial charge in [-0.15, -0.1) is 0 Å². The molecular formula is C84H88N24O6. The average molecular weight is 1530 g/mol. The van der Waals surface area contributed by atoms with E-state index in [-0.39, 0.29) is 22.2 Å². The molecule has 1 N–H and O–H groups in total. The lowest BCUT2D eigenvalue weighted by atomic mass is 9.93. The first-order chi connectivity index (χ1) is 55.2. The molecule has 4 saturated heterocycles. The third kappa shape index (κ3) is 15.5. The fourth-order valence-electron chi connectivity index (χ4n) is 16.0. The molecule has 4 fully saturated rings. The minimum Gasteiger partial charge on any atom is -0.441 e. The van der Waals surface area contributed by atoms with Gasteiger partial charge in [0.1, 0.15) is 22.4 Å². The normalized spacial score (nSPS) is 16.0. The first-order valence-corrected chi connectivity index (χ1v) is 39.1. The molecule has 30 nitrogen and oxygen atoms in total. The molecule has 0 atom stereocenters. The van der Waals surface area contributed by atoms with Crippen molar-refractivity contribution < 1.29 is 8.83 Å². The molecule has 0 saturated carbocycles. The van der Waals surface area contributed by atoms with Crippen molar-refractivity contribution in [3.63, 3.8) is 0 Å². The summed E-state index contributed by atoms with van der Waals surface area (Å²) >= 11 is 0. The summed E-state index contributed by atoms with van der Waals surface area (Å²) in [6.07, 6.45) is 19.3. The van der Waals surface area contributed by atoms with E-state index in [1.165, 1.54) is 27.2 Å². The fourth-order valence-corrected chi connectivity index (χ4v) is 16.0. The molecule has 0 amide bonds. The van der Waals surface area contributed by atoms with E-state index < -0.39 is 0 Å². The van der Waals surface area contributed by atoms with Gasteiger partial charge in [0.05, 0.1) is 104 Å². The Balaban J connectivity index is 0.000000110. The van der Waals surface area contributed by atoms with Gasteiger partial charge >= 0.3 is 0 Å². The summed E-state index contributed by atoms with van der Waals surface area (Å²) in [6, 6.07) is 29.1. The molecule has 4 aliphatic heterocycles. The van der Waals surface area contributed by atoms with Crippen LogP contribution >= 0.6 is 0 Å². The van der Waals surface area contributed by atoms with E-state index in [0.29, 0.717) is 103 Å². The van der Waals surface area contributed by atoms with Gasteiger partial charge in [0.25, 0.3) is 22.2 Å². The van der Waals surface area contributed by atoms with E-state index >= 15 is 0 Å². The van der Waals surface area contributed by atoms with Crippen LogP contribution in [0.4, 0.5) is 0 Å². The number of nitrogens with one attached hydrogen (secondary N) is 1. The van der Waals surface area contributed by atoms with E-state index in [1.54, 1.807) is 36.3 Å². The Morgan fingerprint density at radius 2 is 0.798 bits per heavy atom. The molecule has 30 heteroatoms. The third-order valence-corrected chi connectivity index (χ3v) is 22.3. The van der Waals surface area contributed by atoms with Crippen molar-refractivity contribution in [1.29, 1.82) is 0 Å². The van der Waals surface area contributed by atoms with Gasteiger partial charge in [-0.2, -0.15) is 29.4 Å². The van der Waals surface area contributed by atoms with Crippen LogP contribution in [0.2, 0.25) is 0 Å². The van der Waals surface area contributed by atoms with Gasteiger partial charge in [0.15, 0.2) is 45.5 Å². The van der Waals surface area contributed by atoms with Crippen molar-refractivity contribution in [1.82, 2.24) is 117 Å². The maximum absolute atomic E-state index is 12.8. The van der Waals surface area contributed by atoms with Gasteiger partial charge in [0.2, 0.25) is 0 Å². The lowest BCUT2D eigenvalue weighted by Gasteiger charge is -2.30. The highest BCUT2D eigenvalue weighted by atomic mass is 16.4. The summed E-state index contributed by atoms with van der Waals surface area (Å²) < 4.78 is 20.8. The Labute approximate surface area is 653 Å². The summed E-state index contributed by atoms with van der Waals surface area (Å²) in [5.74, 6) is 2.79. The van der Waals surface area contributed by atoms with E-state index in [9.17, 15) is 19.2 Å². The van der Waals surface area contributed by atoms with Gasteiger partial charge in [-0.05, 0) is 213 Å². The zero-order valence-corrected chi connectivity index (χ0v) is 65.3. The van der Waals surface area contributed by atoms with Gasteiger partial charge in [0, 0.05) is 85.3 Å². The molecule has 580 valence electrons. The Morgan fingerprint density at radius 1 is 0.395 bits per heavy atom. The zero-order chi connectivity index (χ0) is 78.6. The Morgan fingerprint density at radius 3 is 1.24 bits per heavy atom. The van der Waals surface area contributed by atoms with Crippen LogP contribution in [0.5, 0.6) is 0 Å². The number of likely N-dealkylation sites (tertiary alicyclic amines) is 3. The number of oxazole rings is 2. The molecule has 0 aliphatic carbocycles. The van der Waals surface area contributed by atoms with Crippen molar-refractivity contribution in [2.24, 2.45) is 0 Å². The summed E-state index contributed by atoms with van der Waals surface area (Å²) in [5, 5.41) is 21.8. The second-order valence-electron chi connectivity index (χ2n) is 30.4. The van der Waals surface area contributed by atoms with Crippen molar-refractivity contribution >= 4 is 55.8 Å². The van der Waals surface area contributed by atoms with Crippen LogP contribution in [0.3, 0.4) is 0 Å². The van der Waals surface area contributed by atoms with E-state index in [4.69, 9.17) is 8.83 Å². The lowest BCUT2D eigenvalue weighted by Crippen LogP contribution is -2.33. The monoisotopic (exact) mass is 1530 g/mol. The smallest absolute Gasteiger partial charge is 0.275 e. The molecule has 20 rings (SSSR count). The first-order valence-electron chi connectivity index (χ1n) is 39.1. The number of benzene rings is 2. The molecule has 18 heterocycles. The maximum atomic E-state index is 12.8. The van der Waals surface area contributed by atoms with Crippen LogP contribution in [0.15, 0.2) is 162 Å². The number of piperidine rings is 4. The number of aromatic nitrogens is 20. The van der Waals surface area contributed by atoms with E-state index in [1.807, 2.05) is 139 Å². The number of nitrogens with zero attached hydrogens (tertiary/aromatic N) is 23. The molecule has 0 spiro atoms. The molecule has 16 aromatic rings. The second-order valence-corrected chi connectivity index (χ2v) is 30.4. The Kier molecular flexibility index (Phi) is 20.4. The summed E-state index contributed by atoms with van der Waals surface area (Å²) in [7, 11) is 4.27. The molecule has 0 radical (unpaired) electrons. The van der Waals surface area contributed by atoms with Crippen LogP contribution in [0.25, 0.3) is 101 Å². The zero-order valence-electron chi connectivity index (χ0n) is 65.3. The molecule has 4 aliphatic rings. The minimum absolute atomic E-state index is 0.121. The van der Waals surface area contributed by atoms with Gasteiger partial charge in [-0.3, -0.25) is 47.9 Å². The van der Waals surface area contributed by atoms with E-state index in [0.717, 1.165) is 189 Å². The number of hydrogen-bond donors (Lipinski definition) is 1. The lowest BCUT2D eigenvalue weighted by molar-refractivity contribution is 0.220. The topological polar surface area (TPSA) is 323 Å². The van der Waals surface area contributed by atoms with Gasteiger partial charge in [-0.1, -0.05) is 19.1 Å². The Hall–Kier alpha value is -12.4. The first kappa shape index (κ1) is 74.4. The highest BCUT2D eigenvalue weighted by Gasteiger charge is 2.26. The standard InChI is InChI=1S/C22H23N5O2.C21H23N7O.C21H21N5O2.C20H21N7O/c1-3-26-10-8-15(9-11-26)17-6-7-21-24-19(13-22(28)27(21)25-17)16-4-5-18-20(12-16)29-14(2)23-18;1-13-11-28-19(14(2)23-13)8-17(25-28)16-9-21(29)27-12-18(22-10-20(27)24-16)15-4-6-26(3)7-5-15;1-13-22-17-4-3-15(11-19(17)28-13)18-12-21(27)26-20(23-18)6-5-16(24-26)14-7-9-25(2)10-8-14;1-12-10-27-18(13(2)23-12)7-16(25-27)15-8-20(28)26-11-17(22-9-19(26)24-15)14-3-5-21-6-4-14/h4-7,12-13,15H,3,8-11H2,1-2H3;8-12,15H,4-7H2,1-3H3;3-6,11-12,14H,7-10H2,1-2H3;7-11,14,21H,3-6H2,1-2H3. The number of rotatable bonds is 9. The van der Waals surface area contributed by atoms with Crippen molar-refractivity contribution in [3.8, 4) is 45.3 Å². The molecule has 2 aromatic carbocycles. The van der Waals surface area contributed by atoms with Crippen LogP contribution in [0, 0.1) is 41.5 Å². The molecule has 114 heavy (non-hydrogen) atoms. The van der Waals surface area contributed by atoms with E-state index in [2.05, 4.69) is 111 Å². The van der Waals surface area contributed by atoms with Crippen LogP contribution < -0.4 is 27.6 Å². The number of hydrogen-bond acceptors (Lipinski definition) is 24. The minimum atomic E-state index is -0.177. The van der Waals surface area contributed by atoms with Crippen molar-refractivity contribution in [2.45, 2.75) is 124 Å². The third-order valence-electron chi connectivity index (χ3n) is 22.3. The van der Waals surface area contributed by atoms with Crippen molar-refractivity contribution in [3.05, 3.63) is 233 Å². The summed E-state index contributed by atoms with van der Waals surface area (Å²) in [5.41, 5.74) is 19.0. The number of aryl methyl sites for hydroxylation is 6. The highest BCUT2D eigenvalue weighted by molar-refractivity contribution is 5.81. The van der Waals surface area contributed by atoms with Crippen LogP contribution in [0.1, 0.15) is 139 Å². The summed E-state index contributed by atoms with van der Waals surface area (Å²) in [4.78, 5) is 104. The van der Waals surface area contributed by atoms with Gasteiger partial charge < -0.3 is 28.9 Å². The molecule has 0 unspecified atom stereocenters. The fraction of sp³-hybridized carbons (Fsp3) is 0.357. The SMILES string of the molecule is CCN1CCC(c2ccc3nc(-c4ccc5nc(C)oc5c4)cc(=O)n3n2)CC1.Cc1cn2nc(-c3cc(=O)n4cc(C5CCN(C)CC5)ncc4n3)cc2c(C)n1.Cc1cn2nc(-c3cc(=O)n4cc(C5CCNCC5)ncc4n3)cc2c(C)n1.Cc1nc2ccc(-c3cc(=O)n4nc(C5CCN(C)CC5)ccc4n3)cc2o1. The summed E-state index contributed by atoms with van der Waals surface area (Å²) in [6.45, 7) is 23.0. The van der Waals surface area contributed by atoms with Crippen molar-refractivity contribution in [2.75, 3.05) is 73.0 Å². The molecular weight excluding hydrogens is 1440 g/mol. The predicted molar refractivity (Wildman–Crippen MR) is 433 cm³/mol. The molecule has 0 bridgehead atoms. The maximum Gasteiger partial charge on any atom is 0.275 e. The largest absolute Gasteiger partial charge is 0.441 e. The predicted octanol–water partition coefficient (Wildman–Crippen LogP) is 10.5. The van der Waals surface area contributed by atoms with Crippen LogP contribution in [-0.2, 0) is 0 Å². The number of fused-ring (bicyclic) bond motifs is 8.